The number of carbonyl (C=O) groups is 1. The SMILES string of the molecule is CC1CC(CN)CN1C(=O)COc1ccc(Br)cc1.Cl. The van der Waals surface area contributed by atoms with Gasteiger partial charge in [0, 0.05) is 17.1 Å². The molecule has 0 spiro atoms. The number of carbonyl (C=O) groups excluding carboxylic acids is 1. The van der Waals surface area contributed by atoms with E-state index in [1.54, 1.807) is 0 Å². The van der Waals surface area contributed by atoms with Crippen LogP contribution in [0.5, 0.6) is 5.75 Å². The fraction of sp³-hybridized carbons (Fsp3) is 0.500. The fourth-order valence-electron chi connectivity index (χ4n) is 2.42. The van der Waals surface area contributed by atoms with Gasteiger partial charge < -0.3 is 15.4 Å². The number of likely N-dealkylation sites (tertiary alicyclic amines) is 1. The summed E-state index contributed by atoms with van der Waals surface area (Å²) in [7, 11) is 0. The predicted molar refractivity (Wildman–Crippen MR) is 85.2 cm³/mol. The predicted octanol–water partition coefficient (Wildman–Crippen LogP) is 2.45. The van der Waals surface area contributed by atoms with Gasteiger partial charge in [-0.15, -0.1) is 12.4 Å². The second-order valence-corrected chi connectivity index (χ2v) is 5.89. The molecule has 6 heteroatoms. The van der Waals surface area contributed by atoms with Crippen molar-refractivity contribution < 1.29 is 9.53 Å². The van der Waals surface area contributed by atoms with Crippen LogP contribution in [0.25, 0.3) is 0 Å². The van der Waals surface area contributed by atoms with Crippen LogP contribution in [0.4, 0.5) is 0 Å². The summed E-state index contributed by atoms with van der Waals surface area (Å²) in [5, 5.41) is 0. The Bertz CT molecular complexity index is 441. The number of hydrogen-bond acceptors (Lipinski definition) is 3. The summed E-state index contributed by atoms with van der Waals surface area (Å²) in [6, 6.07) is 7.72. The van der Waals surface area contributed by atoms with Gasteiger partial charge in [-0.25, -0.2) is 0 Å². The molecule has 1 saturated heterocycles. The largest absolute Gasteiger partial charge is 0.484 e. The van der Waals surface area contributed by atoms with E-state index in [0.717, 1.165) is 17.4 Å². The van der Waals surface area contributed by atoms with Crippen LogP contribution in [-0.2, 0) is 4.79 Å². The summed E-state index contributed by atoms with van der Waals surface area (Å²) in [5.74, 6) is 1.16. The van der Waals surface area contributed by atoms with Crippen molar-refractivity contribution in [3.8, 4) is 5.75 Å². The lowest BCUT2D eigenvalue weighted by atomic mass is 10.1. The molecule has 1 fully saturated rings. The summed E-state index contributed by atoms with van der Waals surface area (Å²) < 4.78 is 6.50. The molecule has 4 nitrogen and oxygen atoms in total. The Morgan fingerprint density at radius 1 is 1.45 bits per heavy atom. The molecule has 2 atom stereocenters. The van der Waals surface area contributed by atoms with Crippen LogP contribution in [0.1, 0.15) is 13.3 Å². The third-order valence-electron chi connectivity index (χ3n) is 3.49. The van der Waals surface area contributed by atoms with Crippen molar-refractivity contribution in [3.05, 3.63) is 28.7 Å². The minimum absolute atomic E-state index is 0. The minimum atomic E-state index is 0. The highest BCUT2D eigenvalue weighted by Gasteiger charge is 2.31. The molecule has 1 aromatic rings. The van der Waals surface area contributed by atoms with Crippen molar-refractivity contribution in [1.82, 2.24) is 4.90 Å². The molecule has 2 unspecified atom stereocenters. The summed E-state index contributed by atoms with van der Waals surface area (Å²) in [6.07, 6.45) is 0.987. The molecule has 20 heavy (non-hydrogen) atoms. The Labute approximate surface area is 134 Å². The van der Waals surface area contributed by atoms with E-state index in [4.69, 9.17) is 10.5 Å². The van der Waals surface area contributed by atoms with E-state index >= 15 is 0 Å². The second kappa shape index (κ2) is 7.86. The van der Waals surface area contributed by atoms with Gasteiger partial charge in [0.05, 0.1) is 0 Å². The first-order valence-electron chi connectivity index (χ1n) is 6.48. The normalized spacial score (nSPS) is 21.4. The third-order valence-corrected chi connectivity index (χ3v) is 4.02. The van der Waals surface area contributed by atoms with Gasteiger partial charge in [-0.05, 0) is 50.1 Å². The van der Waals surface area contributed by atoms with E-state index < -0.39 is 0 Å². The molecule has 112 valence electrons. The van der Waals surface area contributed by atoms with Gasteiger partial charge in [-0.3, -0.25) is 4.79 Å². The monoisotopic (exact) mass is 362 g/mol. The maximum atomic E-state index is 12.1. The number of nitrogens with zero attached hydrogens (tertiary/aromatic N) is 1. The molecular weight excluding hydrogens is 344 g/mol. The zero-order valence-electron chi connectivity index (χ0n) is 11.4. The van der Waals surface area contributed by atoms with Crippen LogP contribution in [0.2, 0.25) is 0 Å². The Morgan fingerprint density at radius 2 is 2.10 bits per heavy atom. The Morgan fingerprint density at radius 3 is 2.65 bits per heavy atom. The zero-order chi connectivity index (χ0) is 13.8. The molecule has 2 N–H and O–H groups in total. The maximum absolute atomic E-state index is 12.1. The summed E-state index contributed by atoms with van der Waals surface area (Å²) in [4.78, 5) is 14.0. The first-order chi connectivity index (χ1) is 9.10. The fourth-order valence-corrected chi connectivity index (χ4v) is 2.68. The Balaban J connectivity index is 0.00000200. The molecule has 0 radical (unpaired) electrons. The van der Waals surface area contributed by atoms with E-state index in [9.17, 15) is 4.79 Å². The molecule has 1 heterocycles. The molecule has 1 aliphatic heterocycles. The van der Waals surface area contributed by atoms with Crippen molar-refractivity contribution in [2.45, 2.75) is 19.4 Å². The average Bonchev–Trinajstić information content (AvgIpc) is 2.79. The van der Waals surface area contributed by atoms with Gasteiger partial charge in [0.15, 0.2) is 6.61 Å². The smallest absolute Gasteiger partial charge is 0.260 e. The molecule has 0 bridgehead atoms. The van der Waals surface area contributed by atoms with Crippen molar-refractivity contribution in [3.63, 3.8) is 0 Å². The number of nitrogens with two attached hydrogens (primary N) is 1. The van der Waals surface area contributed by atoms with Gasteiger partial charge in [-0.1, -0.05) is 15.9 Å². The number of ether oxygens (including phenoxy) is 1. The molecule has 2 rings (SSSR count). The number of halogens is 2. The zero-order valence-corrected chi connectivity index (χ0v) is 13.8. The average molecular weight is 364 g/mol. The van der Waals surface area contributed by atoms with E-state index in [2.05, 4.69) is 22.9 Å². The van der Waals surface area contributed by atoms with Crippen molar-refractivity contribution in [1.29, 1.82) is 0 Å². The van der Waals surface area contributed by atoms with Gasteiger partial charge in [0.25, 0.3) is 5.91 Å². The highest BCUT2D eigenvalue weighted by atomic mass is 79.9. The van der Waals surface area contributed by atoms with Crippen molar-refractivity contribution in [2.75, 3.05) is 19.7 Å². The summed E-state index contributed by atoms with van der Waals surface area (Å²) >= 11 is 3.36. The van der Waals surface area contributed by atoms with E-state index in [-0.39, 0.29) is 31.0 Å². The third kappa shape index (κ3) is 4.36. The van der Waals surface area contributed by atoms with Crippen LogP contribution in [-0.4, -0.2) is 36.5 Å². The highest BCUT2D eigenvalue weighted by molar-refractivity contribution is 9.10. The van der Waals surface area contributed by atoms with Crippen LogP contribution in [0.3, 0.4) is 0 Å². The van der Waals surface area contributed by atoms with E-state index in [0.29, 0.717) is 18.2 Å². The van der Waals surface area contributed by atoms with Gasteiger partial charge in [0.1, 0.15) is 5.75 Å². The number of benzene rings is 1. The minimum Gasteiger partial charge on any atom is -0.484 e. The molecule has 0 saturated carbocycles. The number of rotatable bonds is 4. The standard InChI is InChI=1S/C14H19BrN2O2.ClH/c1-10-6-11(7-16)8-17(10)14(18)9-19-13-4-2-12(15)3-5-13;/h2-5,10-11H,6-9,16H2,1H3;1H. The van der Waals surface area contributed by atoms with Crippen LogP contribution in [0, 0.1) is 5.92 Å². The first-order valence-corrected chi connectivity index (χ1v) is 7.27. The Kier molecular flexibility index (Phi) is 6.79. The topological polar surface area (TPSA) is 55.6 Å². The second-order valence-electron chi connectivity index (χ2n) is 4.98. The molecule has 1 aliphatic rings. The molecule has 0 aliphatic carbocycles. The quantitative estimate of drug-likeness (QED) is 0.894. The van der Waals surface area contributed by atoms with Gasteiger partial charge >= 0.3 is 0 Å². The molecule has 1 aromatic carbocycles. The lowest BCUT2D eigenvalue weighted by Crippen LogP contribution is -2.37. The number of amides is 1. The maximum Gasteiger partial charge on any atom is 0.260 e. The van der Waals surface area contributed by atoms with Gasteiger partial charge in [0.2, 0.25) is 0 Å². The van der Waals surface area contributed by atoms with Crippen LogP contribution in [0.15, 0.2) is 28.7 Å². The van der Waals surface area contributed by atoms with Crippen molar-refractivity contribution >= 4 is 34.2 Å². The van der Waals surface area contributed by atoms with E-state index in [1.807, 2.05) is 29.2 Å². The summed E-state index contributed by atoms with van der Waals surface area (Å²) in [5.41, 5.74) is 5.66. The van der Waals surface area contributed by atoms with Crippen LogP contribution >= 0.6 is 28.3 Å². The lowest BCUT2D eigenvalue weighted by Gasteiger charge is -2.21. The van der Waals surface area contributed by atoms with Crippen molar-refractivity contribution in [2.24, 2.45) is 11.7 Å². The molecule has 1 amide bonds. The number of hydrogen-bond donors (Lipinski definition) is 1. The van der Waals surface area contributed by atoms with Gasteiger partial charge in [-0.2, -0.15) is 0 Å². The highest BCUT2D eigenvalue weighted by Crippen LogP contribution is 2.22. The van der Waals surface area contributed by atoms with E-state index in [1.165, 1.54) is 0 Å². The summed E-state index contributed by atoms with van der Waals surface area (Å²) in [6.45, 7) is 3.54. The lowest BCUT2D eigenvalue weighted by molar-refractivity contribution is -0.134. The first kappa shape index (κ1) is 17.3. The van der Waals surface area contributed by atoms with Crippen LogP contribution < -0.4 is 10.5 Å². The molecular formula is C14H20BrClN2O2. The molecule has 0 aromatic heterocycles. The Hall–Kier alpha value is -0.780.